The molecule has 1 aliphatic rings. The van der Waals surface area contributed by atoms with E-state index in [0.717, 1.165) is 0 Å². The van der Waals surface area contributed by atoms with Gasteiger partial charge in [0.2, 0.25) is 10.0 Å². The van der Waals surface area contributed by atoms with Crippen LogP contribution >= 0.6 is 0 Å². The first-order chi connectivity index (χ1) is 13.0. The van der Waals surface area contributed by atoms with Crippen LogP contribution in [0.15, 0.2) is 53.4 Å². The van der Waals surface area contributed by atoms with E-state index in [1.807, 2.05) is 6.07 Å². The zero-order chi connectivity index (χ0) is 19.3. The van der Waals surface area contributed by atoms with Gasteiger partial charge in [-0.3, -0.25) is 4.79 Å². The van der Waals surface area contributed by atoms with Gasteiger partial charge in [0.25, 0.3) is 0 Å². The van der Waals surface area contributed by atoms with Gasteiger partial charge >= 0.3 is 5.97 Å². The number of carbonyl (C=O) groups is 1. The first-order valence-electron chi connectivity index (χ1n) is 8.51. The van der Waals surface area contributed by atoms with Gasteiger partial charge in [-0.2, -0.15) is 4.31 Å². The minimum Gasteiger partial charge on any atom is -0.495 e. The number of esters is 1. The fourth-order valence-electron chi connectivity index (χ4n) is 2.78. The second-order valence-electron chi connectivity index (χ2n) is 5.97. The molecule has 0 unspecified atom stereocenters. The van der Waals surface area contributed by atoms with Crippen molar-refractivity contribution in [3.63, 3.8) is 0 Å². The van der Waals surface area contributed by atoms with E-state index in [2.05, 4.69) is 0 Å². The molecule has 27 heavy (non-hydrogen) atoms. The lowest BCUT2D eigenvalue weighted by Gasteiger charge is -2.26. The van der Waals surface area contributed by atoms with Gasteiger partial charge in [0.15, 0.2) is 0 Å². The van der Waals surface area contributed by atoms with Crippen molar-refractivity contribution >= 4 is 16.0 Å². The normalized spacial score (nSPS) is 15.3. The molecule has 7 nitrogen and oxygen atoms in total. The number of methoxy groups -OCH3 is 1. The van der Waals surface area contributed by atoms with Crippen LogP contribution in [0.4, 0.5) is 0 Å². The highest BCUT2D eigenvalue weighted by molar-refractivity contribution is 7.89. The Morgan fingerprint density at radius 2 is 1.81 bits per heavy atom. The smallest absolute Gasteiger partial charge is 0.315 e. The molecule has 0 N–H and O–H groups in total. The molecule has 0 radical (unpaired) electrons. The molecule has 0 saturated carbocycles. The van der Waals surface area contributed by atoms with Crippen LogP contribution in [0.5, 0.6) is 11.5 Å². The standard InChI is InChI=1S/C19H21NO6S/c1-24-17-8-7-15(14-19(21)26-16-5-3-2-4-6-16)13-18(17)27(22,23)20-9-11-25-12-10-20/h2-8,13H,9-12,14H2,1H3. The largest absolute Gasteiger partial charge is 0.495 e. The number of hydrogen-bond acceptors (Lipinski definition) is 6. The van der Waals surface area contributed by atoms with Gasteiger partial charge in [0, 0.05) is 13.1 Å². The predicted octanol–water partition coefficient (Wildman–Crippen LogP) is 1.86. The van der Waals surface area contributed by atoms with Crippen molar-refractivity contribution in [2.75, 3.05) is 33.4 Å². The zero-order valence-corrected chi connectivity index (χ0v) is 15.8. The summed E-state index contributed by atoms with van der Waals surface area (Å²) >= 11 is 0. The van der Waals surface area contributed by atoms with Crippen LogP contribution in [0.3, 0.4) is 0 Å². The molecular formula is C19H21NO6S. The number of carbonyl (C=O) groups excluding carboxylic acids is 1. The lowest BCUT2D eigenvalue weighted by Crippen LogP contribution is -2.40. The molecule has 1 heterocycles. The Morgan fingerprint density at radius 3 is 2.48 bits per heavy atom. The maximum atomic E-state index is 13.0. The molecule has 0 amide bonds. The highest BCUT2D eigenvalue weighted by atomic mass is 32.2. The second-order valence-corrected chi connectivity index (χ2v) is 7.87. The molecule has 0 bridgehead atoms. The molecule has 0 aromatic heterocycles. The molecule has 0 atom stereocenters. The number of nitrogens with zero attached hydrogens (tertiary/aromatic N) is 1. The number of morpholine rings is 1. The van der Waals surface area contributed by atoms with Gasteiger partial charge in [-0.15, -0.1) is 0 Å². The number of rotatable bonds is 6. The Bertz CT molecular complexity index is 892. The van der Waals surface area contributed by atoms with Crippen molar-refractivity contribution in [1.29, 1.82) is 0 Å². The van der Waals surface area contributed by atoms with E-state index in [9.17, 15) is 13.2 Å². The molecule has 2 aromatic rings. The number of hydrogen-bond donors (Lipinski definition) is 0. The van der Waals surface area contributed by atoms with Gasteiger partial charge in [-0.25, -0.2) is 8.42 Å². The molecule has 3 rings (SSSR count). The summed E-state index contributed by atoms with van der Waals surface area (Å²) in [6.07, 6.45) is -0.0511. The third kappa shape index (κ3) is 4.65. The van der Waals surface area contributed by atoms with Gasteiger partial charge in [0.1, 0.15) is 16.4 Å². The summed E-state index contributed by atoms with van der Waals surface area (Å²) in [6.45, 7) is 1.27. The molecular weight excluding hydrogens is 370 g/mol. The fourth-order valence-corrected chi connectivity index (χ4v) is 4.40. The minimum absolute atomic E-state index is 0.0388. The maximum Gasteiger partial charge on any atom is 0.315 e. The third-order valence-electron chi connectivity index (χ3n) is 4.14. The van der Waals surface area contributed by atoms with E-state index >= 15 is 0 Å². The quantitative estimate of drug-likeness (QED) is 0.552. The molecule has 1 fully saturated rings. The lowest BCUT2D eigenvalue weighted by atomic mass is 10.1. The number of ether oxygens (including phenoxy) is 3. The molecule has 2 aromatic carbocycles. The highest BCUT2D eigenvalue weighted by Gasteiger charge is 2.29. The van der Waals surface area contributed by atoms with Crippen LogP contribution in [0, 0.1) is 0 Å². The van der Waals surface area contributed by atoms with E-state index in [0.29, 0.717) is 24.5 Å². The molecule has 1 aliphatic heterocycles. The van der Waals surface area contributed by atoms with Gasteiger partial charge in [-0.1, -0.05) is 24.3 Å². The fraction of sp³-hybridized carbons (Fsp3) is 0.316. The Morgan fingerprint density at radius 1 is 1.11 bits per heavy atom. The Labute approximate surface area is 158 Å². The lowest BCUT2D eigenvalue weighted by molar-refractivity contribution is -0.133. The Kier molecular flexibility index (Phi) is 6.10. The van der Waals surface area contributed by atoms with Crippen LogP contribution in [0.25, 0.3) is 0 Å². The first kappa shape index (κ1) is 19.3. The van der Waals surface area contributed by atoms with Crippen LogP contribution in [-0.2, 0) is 26.0 Å². The van der Waals surface area contributed by atoms with Crippen molar-refractivity contribution < 1.29 is 27.4 Å². The zero-order valence-electron chi connectivity index (χ0n) is 15.0. The van der Waals surface area contributed by atoms with Gasteiger partial charge in [0.05, 0.1) is 26.7 Å². The van der Waals surface area contributed by atoms with Crippen LogP contribution < -0.4 is 9.47 Å². The molecule has 1 saturated heterocycles. The molecule has 0 aliphatic carbocycles. The number of para-hydroxylation sites is 1. The van der Waals surface area contributed by atoms with Crippen molar-refractivity contribution in [1.82, 2.24) is 4.31 Å². The summed E-state index contributed by atoms with van der Waals surface area (Å²) in [7, 11) is -2.33. The van der Waals surface area contributed by atoms with Crippen LogP contribution in [0.1, 0.15) is 5.56 Å². The van der Waals surface area contributed by atoms with E-state index < -0.39 is 16.0 Å². The average Bonchev–Trinajstić information content (AvgIpc) is 2.69. The number of sulfonamides is 1. The topological polar surface area (TPSA) is 82.1 Å². The molecule has 0 spiro atoms. The average molecular weight is 391 g/mol. The van der Waals surface area contributed by atoms with Crippen molar-refractivity contribution in [2.45, 2.75) is 11.3 Å². The van der Waals surface area contributed by atoms with E-state index in [4.69, 9.17) is 14.2 Å². The summed E-state index contributed by atoms with van der Waals surface area (Å²) < 4.78 is 43.0. The van der Waals surface area contributed by atoms with Crippen LogP contribution in [0.2, 0.25) is 0 Å². The second kappa shape index (κ2) is 8.51. The summed E-state index contributed by atoms with van der Waals surface area (Å²) in [5, 5.41) is 0. The molecule has 8 heteroatoms. The van der Waals surface area contributed by atoms with Crippen LogP contribution in [-0.4, -0.2) is 52.1 Å². The molecule has 144 valence electrons. The van der Waals surface area contributed by atoms with Gasteiger partial charge < -0.3 is 14.2 Å². The Balaban J connectivity index is 1.81. The maximum absolute atomic E-state index is 13.0. The third-order valence-corrected chi connectivity index (χ3v) is 6.06. The number of benzene rings is 2. The Hall–Kier alpha value is -2.42. The van der Waals surface area contributed by atoms with Crippen molar-refractivity contribution in [2.24, 2.45) is 0 Å². The summed E-state index contributed by atoms with van der Waals surface area (Å²) in [5.41, 5.74) is 0.531. The van der Waals surface area contributed by atoms with E-state index in [1.54, 1.807) is 36.4 Å². The summed E-state index contributed by atoms with van der Waals surface area (Å²) in [6, 6.07) is 13.4. The SMILES string of the molecule is COc1ccc(CC(=O)Oc2ccccc2)cc1S(=O)(=O)N1CCOCC1. The first-order valence-corrected chi connectivity index (χ1v) is 9.95. The monoisotopic (exact) mass is 391 g/mol. The van der Waals surface area contributed by atoms with Crippen molar-refractivity contribution in [3.05, 3.63) is 54.1 Å². The van der Waals surface area contributed by atoms with Crippen molar-refractivity contribution in [3.8, 4) is 11.5 Å². The minimum atomic E-state index is -3.75. The van der Waals surface area contributed by atoms with Gasteiger partial charge in [-0.05, 0) is 29.8 Å². The summed E-state index contributed by atoms with van der Waals surface area (Å²) in [4.78, 5) is 12.2. The highest BCUT2D eigenvalue weighted by Crippen LogP contribution is 2.28. The summed E-state index contributed by atoms with van der Waals surface area (Å²) in [5.74, 6) is 0.208. The van der Waals surface area contributed by atoms with E-state index in [-0.39, 0.29) is 30.2 Å². The van der Waals surface area contributed by atoms with E-state index in [1.165, 1.54) is 17.5 Å². The predicted molar refractivity (Wildman–Crippen MR) is 98.4 cm³/mol.